The molecule has 152 valence electrons. The van der Waals surface area contributed by atoms with Gasteiger partial charge in [-0.25, -0.2) is 14.0 Å². The summed E-state index contributed by atoms with van der Waals surface area (Å²) in [5.74, 6) is -3.63. The Morgan fingerprint density at radius 2 is 1.69 bits per heavy atom. The molecule has 0 bridgehead atoms. The molecule has 10 heteroatoms. The monoisotopic (exact) mass is 404 g/mol. The number of fused-ring (bicyclic) bond motifs is 1. The molecule has 2 amide bonds. The number of aliphatic carboxylic acids is 2. The first-order valence-electron chi connectivity index (χ1n) is 8.60. The lowest BCUT2D eigenvalue weighted by molar-refractivity contribution is -0.133. The summed E-state index contributed by atoms with van der Waals surface area (Å²) in [5.41, 5.74) is -0.184. The summed E-state index contributed by atoms with van der Waals surface area (Å²) in [5, 5.41) is 18.4. The van der Waals surface area contributed by atoms with Gasteiger partial charge < -0.3 is 19.8 Å². The van der Waals surface area contributed by atoms with E-state index in [0.29, 0.717) is 11.1 Å². The van der Waals surface area contributed by atoms with E-state index >= 15 is 0 Å². The molecule has 0 unspecified atom stereocenters. The third-order valence-corrected chi connectivity index (χ3v) is 4.60. The Morgan fingerprint density at radius 1 is 1.07 bits per heavy atom. The Hall–Kier alpha value is -3.53. The lowest BCUT2D eigenvalue weighted by Gasteiger charge is -2.28. The average molecular weight is 404 g/mol. The first-order valence-corrected chi connectivity index (χ1v) is 8.60. The fraction of sp³-hybridized carbons (Fsp3) is 0.263. The number of carboxylic acids is 2. The molecule has 0 saturated carbocycles. The smallest absolute Gasteiger partial charge is 0.333 e. The van der Waals surface area contributed by atoms with Crippen molar-refractivity contribution < 1.29 is 38.5 Å². The predicted octanol–water partition coefficient (Wildman–Crippen LogP) is 1.24. The number of halogens is 1. The maximum atomic E-state index is 13.4. The maximum absolute atomic E-state index is 13.4. The maximum Gasteiger partial charge on any atom is 0.333 e. The van der Waals surface area contributed by atoms with Crippen LogP contribution in [0.25, 0.3) is 0 Å². The highest BCUT2D eigenvalue weighted by atomic mass is 19.1. The van der Waals surface area contributed by atoms with Gasteiger partial charge in [0.25, 0.3) is 11.8 Å². The third-order valence-electron chi connectivity index (χ3n) is 4.60. The quantitative estimate of drug-likeness (QED) is 0.490. The lowest BCUT2D eigenvalue weighted by atomic mass is 10.0. The lowest BCUT2D eigenvalue weighted by Crippen LogP contribution is -2.35. The van der Waals surface area contributed by atoms with Crippen LogP contribution in [0, 0.1) is 0 Å². The molecule has 0 radical (unpaired) electrons. The fourth-order valence-electron chi connectivity index (χ4n) is 3.14. The molecule has 0 spiro atoms. The molecule has 2 aliphatic heterocycles. The number of alkyl halides is 1. The first kappa shape index (κ1) is 20.2. The molecule has 0 aliphatic carbocycles. The molecule has 0 aromatic heterocycles. The van der Waals surface area contributed by atoms with E-state index in [0.717, 1.165) is 16.0 Å². The topological polar surface area (TPSA) is 124 Å². The molecule has 2 heterocycles. The number of nitrogens with zero attached hydrogens (tertiary/aromatic N) is 2. The third kappa shape index (κ3) is 3.87. The van der Waals surface area contributed by atoms with Crippen LogP contribution in [0.4, 0.5) is 4.39 Å². The van der Waals surface area contributed by atoms with Crippen LogP contribution < -0.4 is 0 Å². The standard InChI is InChI=1S/C19H17FN2O7/c20-8-15-14(19(27)28)7-11(18(25)26)9-21(15)10-29-6-5-22-16(23)12-3-1-2-4-13(12)17(22)24/h1-4,9H,5-8,10H2,(H,25,26)(H,27,28). The minimum absolute atomic E-state index is 0.0594. The summed E-state index contributed by atoms with van der Waals surface area (Å²) in [6.45, 7) is -1.61. The van der Waals surface area contributed by atoms with E-state index in [4.69, 9.17) is 9.84 Å². The number of benzene rings is 1. The molecular weight excluding hydrogens is 387 g/mol. The van der Waals surface area contributed by atoms with Crippen LogP contribution in [0.5, 0.6) is 0 Å². The van der Waals surface area contributed by atoms with E-state index in [1.165, 1.54) is 0 Å². The van der Waals surface area contributed by atoms with E-state index in [1.807, 2.05) is 0 Å². The Morgan fingerprint density at radius 3 is 2.21 bits per heavy atom. The Balaban J connectivity index is 1.64. The van der Waals surface area contributed by atoms with Gasteiger partial charge in [0.2, 0.25) is 0 Å². The van der Waals surface area contributed by atoms with Crippen molar-refractivity contribution >= 4 is 23.8 Å². The van der Waals surface area contributed by atoms with Crippen molar-refractivity contribution in [1.82, 2.24) is 9.80 Å². The van der Waals surface area contributed by atoms with E-state index in [1.54, 1.807) is 24.3 Å². The number of carbonyl (C=O) groups excluding carboxylic acids is 2. The van der Waals surface area contributed by atoms with Crippen LogP contribution >= 0.6 is 0 Å². The largest absolute Gasteiger partial charge is 0.478 e. The molecular formula is C19H17FN2O7. The van der Waals surface area contributed by atoms with Crippen molar-refractivity contribution in [3.05, 3.63) is 58.4 Å². The van der Waals surface area contributed by atoms with Crippen molar-refractivity contribution in [2.24, 2.45) is 0 Å². The number of allylic oxidation sites excluding steroid dienone is 1. The van der Waals surface area contributed by atoms with Crippen LogP contribution in [0.2, 0.25) is 0 Å². The van der Waals surface area contributed by atoms with Gasteiger partial charge in [-0.3, -0.25) is 14.5 Å². The average Bonchev–Trinajstić information content (AvgIpc) is 2.95. The van der Waals surface area contributed by atoms with Crippen molar-refractivity contribution in [1.29, 1.82) is 0 Å². The van der Waals surface area contributed by atoms with Gasteiger partial charge >= 0.3 is 11.9 Å². The second kappa shape index (κ2) is 8.23. The number of carbonyl (C=O) groups is 4. The summed E-state index contributed by atoms with van der Waals surface area (Å²) in [4.78, 5) is 49.2. The minimum atomic E-state index is -1.42. The van der Waals surface area contributed by atoms with Crippen molar-refractivity contribution in [3.63, 3.8) is 0 Å². The molecule has 2 aliphatic rings. The number of carboxylic acid groups (broad SMARTS) is 2. The van der Waals surface area contributed by atoms with Gasteiger partial charge in [0.1, 0.15) is 13.4 Å². The summed E-state index contributed by atoms with van der Waals surface area (Å²) in [6.07, 6.45) is 0.709. The van der Waals surface area contributed by atoms with Crippen LogP contribution in [0.3, 0.4) is 0 Å². The molecule has 0 fully saturated rings. The molecule has 1 aromatic carbocycles. The van der Waals surface area contributed by atoms with E-state index < -0.39 is 36.8 Å². The first-order chi connectivity index (χ1) is 13.8. The van der Waals surface area contributed by atoms with Gasteiger partial charge in [-0.2, -0.15) is 0 Å². The molecule has 0 atom stereocenters. The molecule has 3 rings (SSSR count). The number of amides is 2. The van der Waals surface area contributed by atoms with Crippen molar-refractivity contribution in [3.8, 4) is 0 Å². The summed E-state index contributed by atoms with van der Waals surface area (Å²) in [7, 11) is 0. The van der Waals surface area contributed by atoms with E-state index in [2.05, 4.69) is 0 Å². The van der Waals surface area contributed by atoms with Gasteiger partial charge in [-0.15, -0.1) is 0 Å². The number of ether oxygens (including phenoxy) is 1. The number of rotatable bonds is 8. The molecule has 29 heavy (non-hydrogen) atoms. The van der Waals surface area contributed by atoms with Gasteiger partial charge in [0.15, 0.2) is 0 Å². The minimum Gasteiger partial charge on any atom is -0.478 e. The van der Waals surface area contributed by atoms with E-state index in [-0.39, 0.29) is 36.7 Å². The van der Waals surface area contributed by atoms with Crippen molar-refractivity contribution in [2.75, 3.05) is 26.6 Å². The number of hydrogen-bond donors (Lipinski definition) is 2. The molecule has 9 nitrogen and oxygen atoms in total. The zero-order valence-electron chi connectivity index (χ0n) is 15.1. The fourth-order valence-corrected chi connectivity index (χ4v) is 3.14. The molecule has 1 aromatic rings. The zero-order valence-corrected chi connectivity index (χ0v) is 15.1. The Bertz CT molecular complexity index is 919. The van der Waals surface area contributed by atoms with E-state index in [9.17, 15) is 28.7 Å². The highest BCUT2D eigenvalue weighted by Gasteiger charge is 2.34. The molecule has 2 N–H and O–H groups in total. The van der Waals surface area contributed by atoms with Gasteiger partial charge in [0, 0.05) is 12.6 Å². The summed E-state index contributed by atoms with van der Waals surface area (Å²) < 4.78 is 18.8. The van der Waals surface area contributed by atoms with Crippen molar-refractivity contribution in [2.45, 2.75) is 6.42 Å². The SMILES string of the molecule is O=C(O)C1=CN(COCCN2C(=O)c3ccccc3C2=O)C(CF)=C(C(=O)O)C1. The zero-order chi connectivity index (χ0) is 21.1. The molecule has 0 saturated heterocycles. The van der Waals surface area contributed by atoms with Crippen LogP contribution in [0.15, 0.2) is 47.3 Å². The van der Waals surface area contributed by atoms with Crippen LogP contribution in [-0.2, 0) is 14.3 Å². The Kier molecular flexibility index (Phi) is 5.74. The van der Waals surface area contributed by atoms with Crippen LogP contribution in [-0.4, -0.2) is 70.3 Å². The normalized spacial score (nSPS) is 16.2. The highest BCUT2D eigenvalue weighted by Crippen LogP contribution is 2.26. The van der Waals surface area contributed by atoms with Crippen LogP contribution in [0.1, 0.15) is 27.1 Å². The Labute approximate surface area is 164 Å². The number of hydrogen-bond acceptors (Lipinski definition) is 6. The van der Waals surface area contributed by atoms with Gasteiger partial charge in [-0.05, 0) is 12.1 Å². The second-order valence-electron chi connectivity index (χ2n) is 6.31. The highest BCUT2D eigenvalue weighted by molar-refractivity contribution is 6.21. The summed E-state index contributed by atoms with van der Waals surface area (Å²) in [6, 6.07) is 6.40. The van der Waals surface area contributed by atoms with Gasteiger partial charge in [0.05, 0.1) is 41.1 Å². The second-order valence-corrected chi connectivity index (χ2v) is 6.31. The van der Waals surface area contributed by atoms with Gasteiger partial charge in [-0.1, -0.05) is 12.1 Å². The number of imide groups is 1. The predicted molar refractivity (Wildman–Crippen MR) is 95.4 cm³/mol. The summed E-state index contributed by atoms with van der Waals surface area (Å²) >= 11 is 0.